The first-order valence-corrected chi connectivity index (χ1v) is 5.69. The molecule has 3 rings (SSSR count). The van der Waals surface area contributed by atoms with Crippen LogP contribution in [0, 0.1) is 17.2 Å². The van der Waals surface area contributed by atoms with E-state index in [1.807, 2.05) is 0 Å². The molecule has 16 heavy (non-hydrogen) atoms. The van der Waals surface area contributed by atoms with E-state index in [2.05, 4.69) is 16.2 Å². The molecule has 1 aromatic heterocycles. The summed E-state index contributed by atoms with van der Waals surface area (Å²) < 4.78 is 10.5. The van der Waals surface area contributed by atoms with Crippen molar-refractivity contribution >= 4 is 0 Å². The van der Waals surface area contributed by atoms with Crippen LogP contribution in [0.5, 0.6) is 0 Å². The molecule has 2 aliphatic rings. The van der Waals surface area contributed by atoms with E-state index in [4.69, 9.17) is 14.5 Å². The summed E-state index contributed by atoms with van der Waals surface area (Å²) in [6.45, 7) is 1.55. The third kappa shape index (κ3) is 1.69. The standard InChI is InChI=1S/C11H13N3O2/c12-6-8-5-9(8)11-13-10(14-16-11)7-1-3-15-4-2-7/h7-9H,1-5H2. The number of nitriles is 1. The molecule has 1 saturated carbocycles. The zero-order chi connectivity index (χ0) is 11.0. The molecular formula is C11H13N3O2. The average molecular weight is 219 g/mol. The van der Waals surface area contributed by atoms with Crippen LogP contribution in [0.1, 0.15) is 42.8 Å². The van der Waals surface area contributed by atoms with Gasteiger partial charge in [-0.05, 0) is 19.3 Å². The first kappa shape index (κ1) is 9.79. The van der Waals surface area contributed by atoms with Crippen molar-refractivity contribution in [3.63, 3.8) is 0 Å². The van der Waals surface area contributed by atoms with Gasteiger partial charge in [0.1, 0.15) is 0 Å². The highest BCUT2D eigenvalue weighted by atomic mass is 16.5. The van der Waals surface area contributed by atoms with Crippen molar-refractivity contribution in [2.45, 2.75) is 31.1 Å². The lowest BCUT2D eigenvalue weighted by atomic mass is 10.00. The normalized spacial score (nSPS) is 29.9. The van der Waals surface area contributed by atoms with Gasteiger partial charge in [-0.25, -0.2) is 0 Å². The molecule has 0 radical (unpaired) electrons. The third-order valence-electron chi connectivity index (χ3n) is 3.32. The predicted molar refractivity (Wildman–Crippen MR) is 53.6 cm³/mol. The number of hydrogen-bond donors (Lipinski definition) is 0. The van der Waals surface area contributed by atoms with Crippen molar-refractivity contribution in [3.8, 4) is 6.07 Å². The fourth-order valence-electron chi connectivity index (χ4n) is 2.13. The van der Waals surface area contributed by atoms with Gasteiger partial charge in [0.2, 0.25) is 5.89 Å². The Bertz CT molecular complexity index is 417. The van der Waals surface area contributed by atoms with E-state index in [0.29, 0.717) is 11.8 Å². The molecule has 2 unspecified atom stereocenters. The minimum absolute atomic E-state index is 0.0861. The number of nitrogens with zero attached hydrogens (tertiary/aromatic N) is 3. The summed E-state index contributed by atoms with van der Waals surface area (Å²) in [6.07, 6.45) is 2.79. The molecule has 1 aromatic rings. The van der Waals surface area contributed by atoms with Gasteiger partial charge in [-0.2, -0.15) is 10.2 Å². The van der Waals surface area contributed by atoms with Gasteiger partial charge in [0.15, 0.2) is 5.82 Å². The predicted octanol–water partition coefficient (Wildman–Crippen LogP) is 1.59. The van der Waals surface area contributed by atoms with Crippen LogP contribution in [-0.4, -0.2) is 23.4 Å². The highest BCUT2D eigenvalue weighted by Gasteiger charge is 2.43. The van der Waals surface area contributed by atoms with Crippen molar-refractivity contribution in [2.75, 3.05) is 13.2 Å². The Hall–Kier alpha value is -1.41. The average Bonchev–Trinajstić information content (AvgIpc) is 2.98. The number of ether oxygens (including phenoxy) is 1. The Kier molecular flexibility index (Phi) is 2.37. The lowest BCUT2D eigenvalue weighted by Gasteiger charge is -2.18. The van der Waals surface area contributed by atoms with Crippen molar-refractivity contribution in [1.29, 1.82) is 5.26 Å². The van der Waals surface area contributed by atoms with Crippen LogP contribution in [0.3, 0.4) is 0 Å². The second kappa shape index (κ2) is 3.87. The van der Waals surface area contributed by atoms with Gasteiger partial charge in [-0.3, -0.25) is 0 Å². The van der Waals surface area contributed by atoms with Crippen molar-refractivity contribution in [2.24, 2.45) is 5.92 Å². The quantitative estimate of drug-likeness (QED) is 0.755. The Morgan fingerprint density at radius 2 is 2.12 bits per heavy atom. The lowest BCUT2D eigenvalue weighted by molar-refractivity contribution is 0.0830. The van der Waals surface area contributed by atoms with Gasteiger partial charge < -0.3 is 9.26 Å². The van der Waals surface area contributed by atoms with Crippen molar-refractivity contribution in [1.82, 2.24) is 10.1 Å². The van der Waals surface area contributed by atoms with E-state index in [0.717, 1.165) is 38.3 Å². The summed E-state index contributed by atoms with van der Waals surface area (Å²) >= 11 is 0. The molecule has 1 saturated heterocycles. The minimum atomic E-state index is 0.0861. The molecule has 2 heterocycles. The molecule has 0 aromatic carbocycles. The van der Waals surface area contributed by atoms with E-state index in [-0.39, 0.29) is 11.8 Å². The van der Waals surface area contributed by atoms with E-state index in [1.54, 1.807) is 0 Å². The van der Waals surface area contributed by atoms with Crippen LogP contribution in [0.2, 0.25) is 0 Å². The van der Waals surface area contributed by atoms with Crippen molar-refractivity contribution < 1.29 is 9.26 Å². The molecule has 0 spiro atoms. The van der Waals surface area contributed by atoms with Gasteiger partial charge in [-0.1, -0.05) is 5.16 Å². The molecule has 1 aliphatic carbocycles. The van der Waals surface area contributed by atoms with Crippen LogP contribution in [0.15, 0.2) is 4.52 Å². The Balaban J connectivity index is 1.70. The first-order valence-electron chi connectivity index (χ1n) is 5.69. The fourth-order valence-corrected chi connectivity index (χ4v) is 2.13. The second-order valence-corrected chi connectivity index (χ2v) is 4.46. The number of hydrogen-bond acceptors (Lipinski definition) is 5. The van der Waals surface area contributed by atoms with Gasteiger partial charge in [0.05, 0.1) is 17.9 Å². The van der Waals surface area contributed by atoms with E-state index in [9.17, 15) is 0 Å². The molecule has 0 bridgehead atoms. The van der Waals surface area contributed by atoms with Crippen LogP contribution < -0.4 is 0 Å². The second-order valence-electron chi connectivity index (χ2n) is 4.46. The summed E-state index contributed by atoms with van der Waals surface area (Å²) in [5.74, 6) is 2.08. The molecule has 5 heteroatoms. The Morgan fingerprint density at radius 3 is 2.81 bits per heavy atom. The van der Waals surface area contributed by atoms with Crippen molar-refractivity contribution in [3.05, 3.63) is 11.7 Å². The monoisotopic (exact) mass is 219 g/mol. The SMILES string of the molecule is N#CC1CC1c1nc(C2CCOCC2)no1. The van der Waals surface area contributed by atoms with Crippen LogP contribution in [0.25, 0.3) is 0 Å². The topological polar surface area (TPSA) is 71.9 Å². The summed E-state index contributed by atoms with van der Waals surface area (Å²) in [5.41, 5.74) is 0. The van der Waals surface area contributed by atoms with Crippen LogP contribution in [0.4, 0.5) is 0 Å². The molecular weight excluding hydrogens is 206 g/mol. The molecule has 1 aliphatic heterocycles. The summed E-state index contributed by atoms with van der Waals surface area (Å²) in [4.78, 5) is 4.41. The Labute approximate surface area is 93.4 Å². The maximum atomic E-state index is 8.74. The number of aromatic nitrogens is 2. The van der Waals surface area contributed by atoms with Crippen LogP contribution in [-0.2, 0) is 4.74 Å². The zero-order valence-electron chi connectivity index (χ0n) is 8.93. The first-order chi connectivity index (χ1) is 7.88. The number of rotatable bonds is 2. The molecule has 2 atom stereocenters. The maximum Gasteiger partial charge on any atom is 0.231 e. The highest BCUT2D eigenvalue weighted by Crippen LogP contribution is 2.46. The molecule has 84 valence electrons. The summed E-state index contributed by atoms with van der Waals surface area (Å²) in [6, 6.07) is 2.23. The van der Waals surface area contributed by atoms with E-state index >= 15 is 0 Å². The fraction of sp³-hybridized carbons (Fsp3) is 0.727. The smallest absolute Gasteiger partial charge is 0.231 e. The third-order valence-corrected chi connectivity index (χ3v) is 3.32. The molecule has 5 nitrogen and oxygen atoms in total. The molecule has 0 amide bonds. The summed E-state index contributed by atoms with van der Waals surface area (Å²) in [7, 11) is 0. The zero-order valence-corrected chi connectivity index (χ0v) is 8.93. The molecule has 2 fully saturated rings. The highest BCUT2D eigenvalue weighted by molar-refractivity contribution is 5.16. The Morgan fingerprint density at radius 1 is 1.31 bits per heavy atom. The molecule has 0 N–H and O–H groups in total. The minimum Gasteiger partial charge on any atom is -0.381 e. The lowest BCUT2D eigenvalue weighted by Crippen LogP contribution is -2.15. The van der Waals surface area contributed by atoms with Gasteiger partial charge >= 0.3 is 0 Å². The van der Waals surface area contributed by atoms with Gasteiger partial charge in [-0.15, -0.1) is 0 Å². The van der Waals surface area contributed by atoms with E-state index in [1.165, 1.54) is 0 Å². The van der Waals surface area contributed by atoms with Crippen LogP contribution >= 0.6 is 0 Å². The van der Waals surface area contributed by atoms with Gasteiger partial charge in [0.25, 0.3) is 0 Å². The van der Waals surface area contributed by atoms with Gasteiger partial charge in [0, 0.05) is 19.1 Å². The van der Waals surface area contributed by atoms with E-state index < -0.39 is 0 Å². The maximum absolute atomic E-state index is 8.74. The summed E-state index contributed by atoms with van der Waals surface area (Å²) in [5, 5.41) is 12.8. The largest absolute Gasteiger partial charge is 0.381 e.